The molecule has 0 aliphatic rings. The van der Waals surface area contributed by atoms with E-state index in [0.29, 0.717) is 15.9 Å². The van der Waals surface area contributed by atoms with Crippen molar-refractivity contribution < 1.29 is 9.53 Å². The molecular formula is C19H19Cl2N3O2. The fraction of sp³-hybridized carbons (Fsp3) is 0.316. The maximum atomic E-state index is 12.4. The van der Waals surface area contributed by atoms with Crippen molar-refractivity contribution in [3.63, 3.8) is 0 Å². The zero-order valence-electron chi connectivity index (χ0n) is 15.0. The number of carbonyl (C=O) groups is 1. The first-order chi connectivity index (χ1) is 12.2. The zero-order valence-corrected chi connectivity index (χ0v) is 16.5. The number of aromatic nitrogens is 3. The van der Waals surface area contributed by atoms with E-state index in [2.05, 4.69) is 10.2 Å². The Bertz CT molecular complexity index is 973. The fourth-order valence-electron chi connectivity index (χ4n) is 2.93. The van der Waals surface area contributed by atoms with Gasteiger partial charge in [-0.3, -0.25) is 4.79 Å². The molecule has 2 aromatic heterocycles. The molecule has 0 saturated heterocycles. The van der Waals surface area contributed by atoms with Crippen molar-refractivity contribution >= 4 is 40.1 Å². The summed E-state index contributed by atoms with van der Waals surface area (Å²) in [5.41, 5.74) is 2.76. The van der Waals surface area contributed by atoms with Gasteiger partial charge in [-0.1, -0.05) is 23.2 Å². The molecule has 5 nitrogen and oxygen atoms in total. The molecule has 0 fully saturated rings. The van der Waals surface area contributed by atoms with Crippen LogP contribution < -0.4 is 0 Å². The van der Waals surface area contributed by atoms with E-state index in [1.54, 1.807) is 18.2 Å². The van der Waals surface area contributed by atoms with Crippen molar-refractivity contribution in [2.75, 3.05) is 0 Å². The number of benzene rings is 1. The number of carbonyl (C=O) groups excluding carboxylic acids is 1. The Labute approximate surface area is 161 Å². The van der Waals surface area contributed by atoms with Crippen molar-refractivity contribution in [3.8, 4) is 11.3 Å². The van der Waals surface area contributed by atoms with Gasteiger partial charge >= 0.3 is 5.97 Å². The minimum Gasteiger partial charge on any atom is -0.459 e. The Morgan fingerprint density at radius 3 is 2.50 bits per heavy atom. The van der Waals surface area contributed by atoms with Crippen LogP contribution in [0, 0.1) is 6.92 Å². The van der Waals surface area contributed by atoms with Crippen LogP contribution in [0.25, 0.3) is 22.2 Å². The fourth-order valence-corrected chi connectivity index (χ4v) is 3.21. The molecule has 2 heterocycles. The SMILES string of the molecule is Cc1c(-c2ccc(Cl)nn2)c2cc(Cl)ccc2n1CC(=O)OC(C)(C)C. The van der Waals surface area contributed by atoms with Gasteiger partial charge in [0, 0.05) is 27.2 Å². The van der Waals surface area contributed by atoms with E-state index in [1.807, 2.05) is 44.4 Å². The third-order valence-electron chi connectivity index (χ3n) is 3.88. The number of rotatable bonds is 3. The predicted molar refractivity (Wildman–Crippen MR) is 104 cm³/mol. The third-order valence-corrected chi connectivity index (χ3v) is 4.32. The lowest BCUT2D eigenvalue weighted by Crippen LogP contribution is -2.26. The minimum atomic E-state index is -0.540. The van der Waals surface area contributed by atoms with Gasteiger partial charge in [-0.2, -0.15) is 0 Å². The van der Waals surface area contributed by atoms with Gasteiger partial charge in [0.25, 0.3) is 0 Å². The van der Waals surface area contributed by atoms with Gasteiger partial charge in [0.05, 0.1) is 5.69 Å². The van der Waals surface area contributed by atoms with Gasteiger partial charge in [-0.05, 0) is 58.0 Å². The molecule has 3 aromatic rings. The van der Waals surface area contributed by atoms with Crippen molar-refractivity contribution in [3.05, 3.63) is 46.2 Å². The maximum Gasteiger partial charge on any atom is 0.326 e. The standard InChI is InChI=1S/C19H19Cl2N3O2/c1-11-18(14-6-8-16(21)23-22-14)13-9-12(20)5-7-15(13)24(11)10-17(25)26-19(2,3)4/h5-9H,10H2,1-4H3. The highest BCUT2D eigenvalue weighted by Gasteiger charge is 2.22. The van der Waals surface area contributed by atoms with Crippen molar-refractivity contribution in [2.24, 2.45) is 0 Å². The summed E-state index contributed by atoms with van der Waals surface area (Å²) in [4.78, 5) is 12.4. The molecule has 0 unspecified atom stereocenters. The van der Waals surface area contributed by atoms with E-state index in [4.69, 9.17) is 27.9 Å². The third kappa shape index (κ3) is 3.84. The highest BCUT2D eigenvalue weighted by molar-refractivity contribution is 6.31. The number of nitrogens with zero attached hydrogens (tertiary/aromatic N) is 3. The van der Waals surface area contributed by atoms with Gasteiger partial charge in [0.1, 0.15) is 12.1 Å². The van der Waals surface area contributed by atoms with Crippen molar-refractivity contribution in [1.29, 1.82) is 0 Å². The second-order valence-electron chi connectivity index (χ2n) is 7.04. The van der Waals surface area contributed by atoms with Gasteiger partial charge in [-0.15, -0.1) is 10.2 Å². The van der Waals surface area contributed by atoms with Crippen LogP contribution in [0.2, 0.25) is 10.2 Å². The first-order valence-corrected chi connectivity index (χ1v) is 8.91. The number of ether oxygens (including phenoxy) is 1. The zero-order chi connectivity index (χ0) is 19.1. The molecule has 0 saturated carbocycles. The molecule has 0 atom stereocenters. The monoisotopic (exact) mass is 391 g/mol. The first-order valence-electron chi connectivity index (χ1n) is 8.15. The van der Waals surface area contributed by atoms with Crippen LogP contribution in [-0.4, -0.2) is 26.3 Å². The molecule has 0 aliphatic heterocycles. The quantitative estimate of drug-likeness (QED) is 0.585. The highest BCUT2D eigenvalue weighted by Crippen LogP contribution is 2.35. The molecule has 0 amide bonds. The molecule has 7 heteroatoms. The molecular weight excluding hydrogens is 373 g/mol. The van der Waals surface area contributed by atoms with Crippen LogP contribution in [0.1, 0.15) is 26.5 Å². The second kappa shape index (κ2) is 6.89. The maximum absolute atomic E-state index is 12.4. The summed E-state index contributed by atoms with van der Waals surface area (Å²) in [6, 6.07) is 9.04. The molecule has 0 aliphatic carbocycles. The van der Waals surface area contributed by atoms with Crippen molar-refractivity contribution in [1.82, 2.24) is 14.8 Å². The molecule has 1 aromatic carbocycles. The summed E-state index contributed by atoms with van der Waals surface area (Å²) in [5, 5.41) is 9.94. The van der Waals surface area contributed by atoms with E-state index in [-0.39, 0.29) is 12.5 Å². The van der Waals surface area contributed by atoms with Gasteiger partial charge in [-0.25, -0.2) is 0 Å². The smallest absolute Gasteiger partial charge is 0.326 e. The molecule has 0 radical (unpaired) electrons. The van der Waals surface area contributed by atoms with Crippen LogP contribution in [0.4, 0.5) is 0 Å². The molecule has 3 rings (SSSR count). The van der Waals surface area contributed by atoms with E-state index in [1.165, 1.54) is 0 Å². The van der Waals surface area contributed by atoms with Crippen LogP contribution >= 0.6 is 23.2 Å². The summed E-state index contributed by atoms with van der Waals surface area (Å²) >= 11 is 12.1. The lowest BCUT2D eigenvalue weighted by atomic mass is 10.1. The summed E-state index contributed by atoms with van der Waals surface area (Å²) in [7, 11) is 0. The Morgan fingerprint density at radius 2 is 1.88 bits per heavy atom. The van der Waals surface area contributed by atoms with E-state index < -0.39 is 5.60 Å². The van der Waals surface area contributed by atoms with Gasteiger partial charge in [0.15, 0.2) is 5.15 Å². The van der Waals surface area contributed by atoms with Crippen LogP contribution in [-0.2, 0) is 16.1 Å². The number of hydrogen-bond donors (Lipinski definition) is 0. The van der Waals surface area contributed by atoms with Gasteiger partial charge < -0.3 is 9.30 Å². The lowest BCUT2D eigenvalue weighted by Gasteiger charge is -2.20. The van der Waals surface area contributed by atoms with Crippen LogP contribution in [0.5, 0.6) is 0 Å². The van der Waals surface area contributed by atoms with Gasteiger partial charge in [0.2, 0.25) is 0 Å². The Kier molecular flexibility index (Phi) is 4.95. The Balaban J connectivity index is 2.14. The lowest BCUT2D eigenvalue weighted by molar-refractivity contribution is -0.155. The first kappa shape index (κ1) is 18.7. The molecule has 0 spiro atoms. The van der Waals surface area contributed by atoms with E-state index >= 15 is 0 Å². The minimum absolute atomic E-state index is 0.0995. The van der Waals surface area contributed by atoms with Crippen LogP contribution in [0.3, 0.4) is 0 Å². The van der Waals surface area contributed by atoms with E-state index in [0.717, 1.165) is 22.2 Å². The second-order valence-corrected chi connectivity index (χ2v) is 7.86. The predicted octanol–water partition coefficient (Wildman–Crippen LogP) is 5.06. The molecule has 0 bridgehead atoms. The highest BCUT2D eigenvalue weighted by atomic mass is 35.5. The summed E-state index contributed by atoms with van der Waals surface area (Å²) in [6.07, 6.45) is 0. The molecule has 0 N–H and O–H groups in total. The number of esters is 1. The molecule has 136 valence electrons. The number of hydrogen-bond acceptors (Lipinski definition) is 4. The average Bonchev–Trinajstić information content (AvgIpc) is 2.78. The van der Waals surface area contributed by atoms with Crippen LogP contribution in [0.15, 0.2) is 30.3 Å². The van der Waals surface area contributed by atoms with Crippen molar-refractivity contribution in [2.45, 2.75) is 39.8 Å². The topological polar surface area (TPSA) is 57.0 Å². The molecule has 26 heavy (non-hydrogen) atoms. The normalized spacial score (nSPS) is 11.8. The Morgan fingerprint density at radius 1 is 1.15 bits per heavy atom. The Hall–Kier alpha value is -2.11. The summed E-state index contributed by atoms with van der Waals surface area (Å²) in [5.74, 6) is -0.304. The number of fused-ring (bicyclic) bond motifs is 1. The largest absolute Gasteiger partial charge is 0.459 e. The summed E-state index contributed by atoms with van der Waals surface area (Å²) in [6.45, 7) is 7.58. The number of halogens is 2. The summed E-state index contributed by atoms with van der Waals surface area (Å²) < 4.78 is 7.38. The average molecular weight is 392 g/mol. The van der Waals surface area contributed by atoms with E-state index in [9.17, 15) is 4.79 Å².